The van der Waals surface area contributed by atoms with E-state index in [2.05, 4.69) is 36.3 Å². The number of sulfonamides is 1. The standard InChI is InChI=1S/C19H20BrN5O3S/c1-13-18(23-24-25(13)17-5-3-4-16(20)10-17)19(26)22-11-14-6-8-15(9-7-14)12-29(27,28)21-2/h3-10,21H,11-12H2,1-2H3,(H,22,26). The van der Waals surface area contributed by atoms with Gasteiger partial charge in [0, 0.05) is 11.0 Å². The molecule has 0 unspecified atom stereocenters. The van der Waals surface area contributed by atoms with Crippen LogP contribution in [0.25, 0.3) is 5.69 Å². The van der Waals surface area contributed by atoms with Crippen LogP contribution in [0.2, 0.25) is 0 Å². The maximum Gasteiger partial charge on any atom is 0.274 e. The Kier molecular flexibility index (Phi) is 6.46. The number of amides is 1. The molecule has 3 rings (SSSR count). The van der Waals surface area contributed by atoms with E-state index in [-0.39, 0.29) is 17.4 Å². The van der Waals surface area contributed by atoms with Crippen LogP contribution in [0.3, 0.4) is 0 Å². The molecule has 0 aliphatic carbocycles. The Morgan fingerprint density at radius 1 is 1.14 bits per heavy atom. The highest BCUT2D eigenvalue weighted by atomic mass is 79.9. The van der Waals surface area contributed by atoms with Gasteiger partial charge in [-0.3, -0.25) is 4.79 Å². The van der Waals surface area contributed by atoms with Crippen LogP contribution >= 0.6 is 15.9 Å². The fourth-order valence-corrected chi connectivity index (χ4v) is 3.87. The molecule has 152 valence electrons. The third-order valence-electron chi connectivity index (χ3n) is 4.31. The minimum atomic E-state index is -3.32. The van der Waals surface area contributed by atoms with Gasteiger partial charge in [0.05, 0.1) is 17.1 Å². The third-order valence-corrected chi connectivity index (χ3v) is 6.13. The van der Waals surface area contributed by atoms with Crippen molar-refractivity contribution in [2.45, 2.75) is 19.2 Å². The normalized spacial score (nSPS) is 11.4. The molecule has 2 aromatic carbocycles. The first-order valence-electron chi connectivity index (χ1n) is 8.74. The highest BCUT2D eigenvalue weighted by Crippen LogP contribution is 2.17. The SMILES string of the molecule is CNS(=O)(=O)Cc1ccc(CNC(=O)c2nnn(-c3cccc(Br)c3)c2C)cc1. The summed E-state index contributed by atoms with van der Waals surface area (Å²) in [6.45, 7) is 2.08. The fraction of sp³-hybridized carbons (Fsp3) is 0.211. The molecule has 1 amide bonds. The van der Waals surface area contributed by atoms with Gasteiger partial charge < -0.3 is 5.32 Å². The minimum Gasteiger partial charge on any atom is -0.347 e. The molecule has 0 aliphatic heterocycles. The molecule has 0 fully saturated rings. The zero-order chi connectivity index (χ0) is 21.0. The van der Waals surface area contributed by atoms with Crippen molar-refractivity contribution in [3.63, 3.8) is 0 Å². The van der Waals surface area contributed by atoms with Crippen LogP contribution in [0, 0.1) is 6.92 Å². The van der Waals surface area contributed by atoms with Gasteiger partial charge in [0.15, 0.2) is 5.69 Å². The number of rotatable bonds is 7. The molecule has 8 nitrogen and oxygen atoms in total. The second-order valence-corrected chi connectivity index (χ2v) is 9.22. The molecular formula is C19H20BrN5O3S. The van der Waals surface area contributed by atoms with Gasteiger partial charge in [0.1, 0.15) is 0 Å². The number of aromatic nitrogens is 3. The highest BCUT2D eigenvalue weighted by Gasteiger charge is 2.17. The smallest absolute Gasteiger partial charge is 0.274 e. The Morgan fingerprint density at radius 3 is 2.48 bits per heavy atom. The van der Waals surface area contributed by atoms with Gasteiger partial charge in [-0.25, -0.2) is 17.8 Å². The van der Waals surface area contributed by atoms with Crippen LogP contribution in [-0.2, 0) is 22.3 Å². The molecule has 10 heteroatoms. The van der Waals surface area contributed by atoms with Crippen molar-refractivity contribution in [3.05, 3.63) is 75.5 Å². The zero-order valence-corrected chi connectivity index (χ0v) is 18.3. The topological polar surface area (TPSA) is 106 Å². The number of benzene rings is 2. The van der Waals surface area contributed by atoms with Gasteiger partial charge in [0.25, 0.3) is 5.91 Å². The summed E-state index contributed by atoms with van der Waals surface area (Å²) in [5, 5.41) is 10.9. The maximum absolute atomic E-state index is 12.5. The Morgan fingerprint density at radius 2 is 1.83 bits per heavy atom. The summed E-state index contributed by atoms with van der Waals surface area (Å²) >= 11 is 3.42. The summed E-state index contributed by atoms with van der Waals surface area (Å²) in [6, 6.07) is 14.6. The third kappa shape index (κ3) is 5.28. The van der Waals surface area contributed by atoms with Crippen LogP contribution in [0.5, 0.6) is 0 Å². The van der Waals surface area contributed by atoms with Gasteiger partial charge in [0.2, 0.25) is 10.0 Å². The summed E-state index contributed by atoms with van der Waals surface area (Å²) in [6.07, 6.45) is 0. The van der Waals surface area contributed by atoms with Crippen molar-refractivity contribution >= 4 is 31.9 Å². The van der Waals surface area contributed by atoms with Crippen molar-refractivity contribution in [1.29, 1.82) is 0 Å². The summed E-state index contributed by atoms with van der Waals surface area (Å²) in [5.41, 5.74) is 3.20. The number of carbonyl (C=O) groups is 1. The first-order valence-corrected chi connectivity index (χ1v) is 11.2. The average molecular weight is 478 g/mol. The minimum absolute atomic E-state index is 0.0892. The molecule has 0 radical (unpaired) electrons. The Hall–Kier alpha value is -2.56. The molecule has 0 saturated carbocycles. The van der Waals surface area contributed by atoms with E-state index in [0.717, 1.165) is 15.7 Å². The molecule has 29 heavy (non-hydrogen) atoms. The lowest BCUT2D eigenvalue weighted by molar-refractivity contribution is 0.0945. The monoisotopic (exact) mass is 477 g/mol. The van der Waals surface area contributed by atoms with Gasteiger partial charge in [-0.05, 0) is 43.3 Å². The van der Waals surface area contributed by atoms with Crippen LogP contribution in [0.1, 0.15) is 27.3 Å². The Bertz CT molecular complexity index is 1130. The van der Waals surface area contributed by atoms with E-state index in [0.29, 0.717) is 17.8 Å². The van der Waals surface area contributed by atoms with E-state index >= 15 is 0 Å². The first kappa shape index (κ1) is 21.2. The average Bonchev–Trinajstić information content (AvgIpc) is 3.08. The molecule has 1 heterocycles. The molecule has 2 N–H and O–H groups in total. The summed E-state index contributed by atoms with van der Waals surface area (Å²) in [5.74, 6) is -0.417. The summed E-state index contributed by atoms with van der Waals surface area (Å²) in [7, 11) is -1.93. The van der Waals surface area contributed by atoms with E-state index in [1.807, 2.05) is 24.3 Å². The van der Waals surface area contributed by atoms with E-state index in [1.54, 1.807) is 35.9 Å². The lowest BCUT2D eigenvalue weighted by Gasteiger charge is -2.07. The first-order chi connectivity index (χ1) is 13.8. The van der Waals surface area contributed by atoms with E-state index in [1.165, 1.54) is 7.05 Å². The number of nitrogens with one attached hydrogen (secondary N) is 2. The number of halogens is 1. The van der Waals surface area contributed by atoms with Gasteiger partial charge in [-0.1, -0.05) is 51.5 Å². The molecule has 0 aliphatic rings. The number of hydrogen-bond acceptors (Lipinski definition) is 5. The number of nitrogens with zero attached hydrogens (tertiary/aromatic N) is 3. The van der Waals surface area contributed by atoms with E-state index < -0.39 is 10.0 Å². The second kappa shape index (κ2) is 8.85. The molecule has 3 aromatic rings. The number of hydrogen-bond donors (Lipinski definition) is 2. The second-order valence-electron chi connectivity index (χ2n) is 6.38. The molecule has 0 saturated heterocycles. The van der Waals surface area contributed by atoms with Crippen molar-refractivity contribution in [1.82, 2.24) is 25.0 Å². The zero-order valence-electron chi connectivity index (χ0n) is 15.9. The lowest BCUT2D eigenvalue weighted by atomic mass is 10.1. The van der Waals surface area contributed by atoms with Gasteiger partial charge in [-0.15, -0.1) is 5.10 Å². The molecule has 1 aromatic heterocycles. The lowest BCUT2D eigenvalue weighted by Crippen LogP contribution is -2.24. The van der Waals surface area contributed by atoms with Gasteiger partial charge in [-0.2, -0.15) is 0 Å². The van der Waals surface area contributed by atoms with Crippen molar-refractivity contribution in [3.8, 4) is 5.69 Å². The van der Waals surface area contributed by atoms with Crippen LogP contribution in [-0.4, -0.2) is 36.4 Å². The van der Waals surface area contributed by atoms with E-state index in [9.17, 15) is 13.2 Å². The molecule has 0 spiro atoms. The van der Waals surface area contributed by atoms with Crippen LogP contribution in [0.4, 0.5) is 0 Å². The quantitative estimate of drug-likeness (QED) is 0.542. The largest absolute Gasteiger partial charge is 0.347 e. The summed E-state index contributed by atoms with van der Waals surface area (Å²) in [4.78, 5) is 12.5. The number of carbonyl (C=O) groups excluding carboxylic acids is 1. The summed E-state index contributed by atoms with van der Waals surface area (Å²) < 4.78 is 28.0. The van der Waals surface area contributed by atoms with Crippen LogP contribution in [0.15, 0.2) is 53.0 Å². The molecular weight excluding hydrogens is 458 g/mol. The predicted molar refractivity (Wildman–Crippen MR) is 113 cm³/mol. The maximum atomic E-state index is 12.5. The van der Waals surface area contributed by atoms with Crippen LogP contribution < -0.4 is 10.0 Å². The van der Waals surface area contributed by atoms with E-state index in [4.69, 9.17) is 0 Å². The van der Waals surface area contributed by atoms with Gasteiger partial charge >= 0.3 is 0 Å². The predicted octanol–water partition coefficient (Wildman–Crippen LogP) is 2.32. The van der Waals surface area contributed by atoms with Crippen molar-refractivity contribution in [2.75, 3.05) is 7.05 Å². The fourth-order valence-electron chi connectivity index (χ4n) is 2.70. The molecule has 0 bridgehead atoms. The molecule has 0 atom stereocenters. The Labute approximate surface area is 177 Å². The Balaban J connectivity index is 1.66. The van der Waals surface area contributed by atoms with Crippen molar-refractivity contribution < 1.29 is 13.2 Å². The highest BCUT2D eigenvalue weighted by molar-refractivity contribution is 9.10. The van der Waals surface area contributed by atoms with Crippen molar-refractivity contribution in [2.24, 2.45) is 0 Å².